The molecule has 0 fully saturated rings. The fraction of sp³-hybridized carbons (Fsp3) is 0.615. The maximum atomic E-state index is 12.2. The van der Waals surface area contributed by atoms with Crippen LogP contribution in [0.25, 0.3) is 11.2 Å². The summed E-state index contributed by atoms with van der Waals surface area (Å²) >= 11 is 0. The molecule has 2 heterocycles. The van der Waals surface area contributed by atoms with Crippen LogP contribution in [0.3, 0.4) is 0 Å². The van der Waals surface area contributed by atoms with Crippen LogP contribution in [-0.4, -0.2) is 43.0 Å². The van der Waals surface area contributed by atoms with Gasteiger partial charge in [-0.2, -0.15) is 0 Å². The average molecular weight is 295 g/mol. The highest BCUT2D eigenvalue weighted by molar-refractivity contribution is 5.69. The predicted molar refractivity (Wildman–Crippen MR) is 79.4 cm³/mol. The lowest BCUT2D eigenvalue weighted by molar-refractivity contribution is 0.238. The molecular formula is C13H21N5O3. The topological polar surface area (TPSA) is 94.1 Å². The summed E-state index contributed by atoms with van der Waals surface area (Å²) in [4.78, 5) is 28.2. The van der Waals surface area contributed by atoms with E-state index in [2.05, 4.69) is 10.3 Å². The Bertz CT molecular complexity index is 739. The van der Waals surface area contributed by atoms with Gasteiger partial charge in [0.05, 0.1) is 12.9 Å². The van der Waals surface area contributed by atoms with Crippen LogP contribution >= 0.6 is 0 Å². The molecule has 21 heavy (non-hydrogen) atoms. The maximum Gasteiger partial charge on any atom is 0.332 e. The van der Waals surface area contributed by atoms with E-state index >= 15 is 0 Å². The van der Waals surface area contributed by atoms with Crippen molar-refractivity contribution in [3.05, 3.63) is 27.2 Å². The number of nitrogens with zero attached hydrogens (tertiary/aromatic N) is 4. The molecule has 2 aromatic heterocycles. The van der Waals surface area contributed by atoms with E-state index in [9.17, 15) is 9.59 Å². The van der Waals surface area contributed by atoms with Crippen molar-refractivity contribution in [3.8, 4) is 0 Å². The second-order valence-corrected chi connectivity index (χ2v) is 5.06. The van der Waals surface area contributed by atoms with Gasteiger partial charge in [-0.1, -0.05) is 6.92 Å². The molecule has 2 rings (SSSR count). The first-order valence-corrected chi connectivity index (χ1v) is 6.96. The van der Waals surface area contributed by atoms with Crippen LogP contribution in [0.2, 0.25) is 0 Å². The summed E-state index contributed by atoms with van der Waals surface area (Å²) in [5.74, 6) is 0. The van der Waals surface area contributed by atoms with E-state index in [0.29, 0.717) is 24.3 Å². The Balaban J connectivity index is 2.31. The molecule has 8 nitrogen and oxygen atoms in total. The second kappa shape index (κ2) is 6.23. The number of aliphatic hydroxyl groups is 1. The maximum absolute atomic E-state index is 12.2. The molecule has 2 aromatic rings. The molecule has 0 bridgehead atoms. The SMILES string of the molecule is CCC(CO)NCCn1cnc2c1c(=O)n(C)c(=O)n2C. The third-order valence-corrected chi connectivity index (χ3v) is 3.72. The van der Waals surface area contributed by atoms with Gasteiger partial charge < -0.3 is 15.0 Å². The molecule has 0 amide bonds. The van der Waals surface area contributed by atoms with Gasteiger partial charge in [0, 0.05) is 33.2 Å². The van der Waals surface area contributed by atoms with E-state index in [1.54, 1.807) is 17.9 Å². The second-order valence-electron chi connectivity index (χ2n) is 5.06. The largest absolute Gasteiger partial charge is 0.395 e. The van der Waals surface area contributed by atoms with Crippen molar-refractivity contribution in [2.75, 3.05) is 13.2 Å². The highest BCUT2D eigenvalue weighted by Crippen LogP contribution is 2.04. The Morgan fingerprint density at radius 2 is 2.05 bits per heavy atom. The van der Waals surface area contributed by atoms with Crippen LogP contribution in [0.4, 0.5) is 0 Å². The van der Waals surface area contributed by atoms with Gasteiger partial charge >= 0.3 is 5.69 Å². The van der Waals surface area contributed by atoms with Gasteiger partial charge in [0.15, 0.2) is 11.2 Å². The number of aromatic nitrogens is 4. The number of hydrogen-bond donors (Lipinski definition) is 2. The molecule has 8 heteroatoms. The Morgan fingerprint density at radius 1 is 1.33 bits per heavy atom. The molecule has 0 aliphatic rings. The quantitative estimate of drug-likeness (QED) is 0.698. The fourth-order valence-electron chi connectivity index (χ4n) is 2.29. The van der Waals surface area contributed by atoms with E-state index in [-0.39, 0.29) is 23.9 Å². The van der Waals surface area contributed by atoms with Gasteiger partial charge in [-0.05, 0) is 6.42 Å². The minimum Gasteiger partial charge on any atom is -0.395 e. The lowest BCUT2D eigenvalue weighted by atomic mass is 10.2. The molecule has 116 valence electrons. The highest BCUT2D eigenvalue weighted by Gasteiger charge is 2.14. The van der Waals surface area contributed by atoms with E-state index < -0.39 is 0 Å². The van der Waals surface area contributed by atoms with Gasteiger partial charge in [0.1, 0.15) is 0 Å². The lowest BCUT2D eigenvalue weighted by Crippen LogP contribution is -2.38. The van der Waals surface area contributed by atoms with E-state index in [1.807, 2.05) is 6.92 Å². The van der Waals surface area contributed by atoms with Crippen LogP contribution in [-0.2, 0) is 20.6 Å². The number of hydrogen-bond acceptors (Lipinski definition) is 5. The summed E-state index contributed by atoms with van der Waals surface area (Å²) in [5, 5.41) is 12.3. The Morgan fingerprint density at radius 3 is 2.67 bits per heavy atom. The van der Waals surface area contributed by atoms with Crippen molar-refractivity contribution >= 4 is 11.2 Å². The third-order valence-electron chi connectivity index (χ3n) is 3.72. The summed E-state index contributed by atoms with van der Waals surface area (Å²) in [6.45, 7) is 3.22. The molecule has 0 aliphatic heterocycles. The highest BCUT2D eigenvalue weighted by atomic mass is 16.3. The molecule has 0 saturated carbocycles. The Hall–Kier alpha value is -1.93. The number of aryl methyl sites for hydroxylation is 1. The normalized spacial score (nSPS) is 13.0. The van der Waals surface area contributed by atoms with Crippen LogP contribution < -0.4 is 16.6 Å². The molecule has 1 unspecified atom stereocenters. The van der Waals surface area contributed by atoms with Crippen molar-refractivity contribution in [1.82, 2.24) is 24.0 Å². The van der Waals surface area contributed by atoms with Crippen LogP contribution in [0, 0.1) is 0 Å². The molecule has 2 N–H and O–H groups in total. The summed E-state index contributed by atoms with van der Waals surface area (Å²) in [6.07, 6.45) is 2.39. The van der Waals surface area contributed by atoms with Gasteiger partial charge in [0.25, 0.3) is 5.56 Å². The number of aliphatic hydroxyl groups excluding tert-OH is 1. The first-order valence-electron chi connectivity index (χ1n) is 6.96. The molecule has 0 aliphatic carbocycles. The van der Waals surface area contributed by atoms with Crippen LogP contribution in [0.1, 0.15) is 13.3 Å². The van der Waals surface area contributed by atoms with E-state index in [0.717, 1.165) is 11.0 Å². The van der Waals surface area contributed by atoms with E-state index in [4.69, 9.17) is 5.11 Å². The molecule has 0 saturated heterocycles. The molecule has 0 aromatic carbocycles. The zero-order chi connectivity index (χ0) is 15.6. The third kappa shape index (κ3) is 2.77. The van der Waals surface area contributed by atoms with Crippen LogP contribution in [0.15, 0.2) is 15.9 Å². The van der Waals surface area contributed by atoms with E-state index in [1.165, 1.54) is 11.6 Å². The van der Waals surface area contributed by atoms with Crippen molar-refractivity contribution < 1.29 is 5.11 Å². The minimum absolute atomic E-state index is 0.0481. The fourth-order valence-corrected chi connectivity index (χ4v) is 2.29. The zero-order valence-corrected chi connectivity index (χ0v) is 12.5. The smallest absolute Gasteiger partial charge is 0.332 e. The number of imidazole rings is 1. The first-order chi connectivity index (χ1) is 10.0. The summed E-state index contributed by atoms with van der Waals surface area (Å²) in [5.41, 5.74) is 0.0674. The van der Waals surface area contributed by atoms with Crippen molar-refractivity contribution in [3.63, 3.8) is 0 Å². The Kier molecular flexibility index (Phi) is 4.59. The summed E-state index contributed by atoms with van der Waals surface area (Å²) in [7, 11) is 3.05. The predicted octanol–water partition coefficient (Wildman–Crippen LogP) is -1.21. The average Bonchev–Trinajstić information content (AvgIpc) is 2.91. The minimum atomic E-state index is -0.387. The molecular weight excluding hydrogens is 274 g/mol. The summed E-state index contributed by atoms with van der Waals surface area (Å²) < 4.78 is 4.17. The first kappa shape index (κ1) is 15.5. The monoisotopic (exact) mass is 295 g/mol. The number of fused-ring (bicyclic) bond motifs is 1. The molecule has 0 radical (unpaired) electrons. The van der Waals surface area contributed by atoms with Gasteiger partial charge in [-0.3, -0.25) is 13.9 Å². The standard InChI is InChI=1S/C13H21N5O3/c1-4-9(7-19)14-5-6-18-8-15-11-10(18)12(20)17(3)13(21)16(11)2/h8-9,14,19H,4-7H2,1-3H3. The molecule has 0 spiro atoms. The van der Waals surface area contributed by atoms with Crippen molar-refractivity contribution in [1.29, 1.82) is 0 Å². The van der Waals surface area contributed by atoms with Crippen molar-refractivity contribution in [2.45, 2.75) is 25.9 Å². The zero-order valence-electron chi connectivity index (χ0n) is 12.5. The Labute approximate surface area is 121 Å². The van der Waals surface area contributed by atoms with Crippen molar-refractivity contribution in [2.24, 2.45) is 14.1 Å². The molecule has 1 atom stereocenters. The number of rotatable bonds is 6. The van der Waals surface area contributed by atoms with Gasteiger partial charge in [-0.25, -0.2) is 9.78 Å². The lowest BCUT2D eigenvalue weighted by Gasteiger charge is -2.14. The van der Waals surface area contributed by atoms with Crippen LogP contribution in [0.5, 0.6) is 0 Å². The van der Waals surface area contributed by atoms with Gasteiger partial charge in [-0.15, -0.1) is 0 Å². The summed E-state index contributed by atoms with van der Waals surface area (Å²) in [6, 6.07) is 0.0481. The van der Waals surface area contributed by atoms with Gasteiger partial charge in [0.2, 0.25) is 0 Å². The number of nitrogens with one attached hydrogen (secondary N) is 1.